The molecule has 0 radical (unpaired) electrons. The predicted molar refractivity (Wildman–Crippen MR) is 58.4 cm³/mol. The van der Waals surface area contributed by atoms with Gasteiger partial charge in [0.15, 0.2) is 11.3 Å². The van der Waals surface area contributed by atoms with E-state index in [1.165, 1.54) is 4.52 Å². The highest BCUT2D eigenvalue weighted by atomic mass is 16.5. The van der Waals surface area contributed by atoms with Gasteiger partial charge in [-0.2, -0.15) is 5.10 Å². The molecular formula is C11H13N3O2. The van der Waals surface area contributed by atoms with Gasteiger partial charge in [0.25, 0.3) is 0 Å². The summed E-state index contributed by atoms with van der Waals surface area (Å²) < 4.78 is 6.53. The molecule has 0 fully saturated rings. The van der Waals surface area contributed by atoms with Crippen LogP contribution in [0.1, 0.15) is 28.7 Å². The van der Waals surface area contributed by atoms with E-state index in [4.69, 9.17) is 4.74 Å². The van der Waals surface area contributed by atoms with Crippen LogP contribution in [-0.2, 0) is 4.74 Å². The Morgan fingerprint density at radius 3 is 2.94 bits per heavy atom. The lowest BCUT2D eigenvalue weighted by atomic mass is 10.2. The van der Waals surface area contributed by atoms with Crippen LogP contribution < -0.4 is 0 Å². The first-order valence-corrected chi connectivity index (χ1v) is 5.12. The summed E-state index contributed by atoms with van der Waals surface area (Å²) in [5.41, 5.74) is 2.68. The number of hydrogen-bond acceptors (Lipinski definition) is 4. The molecule has 2 rings (SSSR count). The van der Waals surface area contributed by atoms with Gasteiger partial charge in [0.05, 0.1) is 12.3 Å². The van der Waals surface area contributed by atoms with Crippen LogP contribution in [0.15, 0.2) is 12.3 Å². The van der Waals surface area contributed by atoms with Gasteiger partial charge < -0.3 is 4.74 Å². The normalized spacial score (nSPS) is 10.7. The third kappa shape index (κ3) is 1.64. The second-order valence-corrected chi connectivity index (χ2v) is 3.57. The van der Waals surface area contributed by atoms with Crippen molar-refractivity contribution in [3.05, 3.63) is 29.2 Å². The molecule has 0 unspecified atom stereocenters. The van der Waals surface area contributed by atoms with Crippen LogP contribution in [-0.4, -0.2) is 27.2 Å². The van der Waals surface area contributed by atoms with Crippen LogP contribution in [0.2, 0.25) is 0 Å². The van der Waals surface area contributed by atoms with E-state index < -0.39 is 0 Å². The van der Waals surface area contributed by atoms with Gasteiger partial charge >= 0.3 is 5.97 Å². The van der Waals surface area contributed by atoms with E-state index in [2.05, 4.69) is 10.1 Å². The maximum atomic E-state index is 11.8. The monoisotopic (exact) mass is 219 g/mol. The zero-order valence-electron chi connectivity index (χ0n) is 9.52. The average Bonchev–Trinajstić information content (AvgIpc) is 2.58. The Bertz CT molecular complexity index is 545. The maximum absolute atomic E-state index is 11.8. The van der Waals surface area contributed by atoms with E-state index in [0.29, 0.717) is 17.9 Å². The zero-order valence-corrected chi connectivity index (χ0v) is 9.52. The van der Waals surface area contributed by atoms with E-state index in [-0.39, 0.29) is 5.97 Å². The maximum Gasteiger partial charge on any atom is 0.357 e. The Morgan fingerprint density at radius 1 is 1.50 bits per heavy atom. The molecule has 0 aromatic carbocycles. The Balaban J connectivity index is 2.65. The van der Waals surface area contributed by atoms with Gasteiger partial charge in [-0.25, -0.2) is 14.3 Å². The summed E-state index contributed by atoms with van der Waals surface area (Å²) in [4.78, 5) is 16.0. The summed E-state index contributed by atoms with van der Waals surface area (Å²) in [5, 5.41) is 4.23. The number of carbonyl (C=O) groups is 1. The summed E-state index contributed by atoms with van der Waals surface area (Å²) >= 11 is 0. The van der Waals surface area contributed by atoms with Gasteiger partial charge in [0, 0.05) is 17.8 Å². The number of hydrogen-bond donors (Lipinski definition) is 0. The number of carbonyl (C=O) groups excluding carboxylic acids is 1. The summed E-state index contributed by atoms with van der Waals surface area (Å²) in [7, 11) is 0. The lowest BCUT2D eigenvalue weighted by Crippen LogP contribution is -2.13. The zero-order chi connectivity index (χ0) is 11.7. The largest absolute Gasteiger partial charge is 0.461 e. The number of aryl methyl sites for hydroxylation is 2. The Hall–Kier alpha value is -1.91. The number of fused-ring (bicyclic) bond motifs is 1. The van der Waals surface area contributed by atoms with Gasteiger partial charge in [0.2, 0.25) is 0 Å². The minimum absolute atomic E-state index is 0.350. The Kier molecular flexibility index (Phi) is 2.60. The van der Waals surface area contributed by atoms with Crippen LogP contribution in [0.3, 0.4) is 0 Å². The van der Waals surface area contributed by atoms with Crippen molar-refractivity contribution in [2.45, 2.75) is 20.8 Å². The van der Waals surface area contributed by atoms with Crippen LogP contribution in [0.4, 0.5) is 0 Å². The summed E-state index contributed by atoms with van der Waals surface area (Å²) in [5.74, 6) is -0.365. The van der Waals surface area contributed by atoms with E-state index in [1.807, 2.05) is 19.9 Å². The number of ether oxygens (including phenoxy) is 1. The highest BCUT2D eigenvalue weighted by Crippen LogP contribution is 2.12. The fourth-order valence-electron chi connectivity index (χ4n) is 1.58. The molecule has 2 aromatic rings. The molecule has 0 saturated carbocycles. The van der Waals surface area contributed by atoms with Crippen molar-refractivity contribution in [1.29, 1.82) is 0 Å². The first-order chi connectivity index (χ1) is 7.63. The molecule has 2 aromatic heterocycles. The molecular weight excluding hydrogens is 206 g/mol. The lowest BCUT2D eigenvalue weighted by Gasteiger charge is -2.06. The lowest BCUT2D eigenvalue weighted by molar-refractivity contribution is 0.0515. The minimum atomic E-state index is -0.365. The Morgan fingerprint density at radius 2 is 2.25 bits per heavy atom. The third-order valence-electron chi connectivity index (χ3n) is 2.26. The van der Waals surface area contributed by atoms with Crippen molar-refractivity contribution in [1.82, 2.24) is 14.6 Å². The van der Waals surface area contributed by atoms with E-state index in [1.54, 1.807) is 13.1 Å². The molecule has 84 valence electrons. The quantitative estimate of drug-likeness (QED) is 0.718. The summed E-state index contributed by atoms with van der Waals surface area (Å²) in [6, 6.07) is 1.82. The van der Waals surface area contributed by atoms with Crippen LogP contribution in [0.5, 0.6) is 0 Å². The average molecular weight is 219 g/mol. The van der Waals surface area contributed by atoms with Crippen molar-refractivity contribution in [2.75, 3.05) is 6.61 Å². The van der Waals surface area contributed by atoms with Crippen LogP contribution >= 0.6 is 0 Å². The second-order valence-electron chi connectivity index (χ2n) is 3.57. The van der Waals surface area contributed by atoms with E-state index >= 15 is 0 Å². The molecule has 5 heteroatoms. The molecule has 0 spiro atoms. The molecule has 0 atom stereocenters. The van der Waals surface area contributed by atoms with Gasteiger partial charge in [0.1, 0.15) is 0 Å². The van der Waals surface area contributed by atoms with Crippen molar-refractivity contribution in [2.24, 2.45) is 0 Å². The number of nitrogens with zero attached hydrogens (tertiary/aromatic N) is 3. The van der Waals surface area contributed by atoms with Crippen LogP contribution in [0.25, 0.3) is 5.65 Å². The molecule has 0 aliphatic rings. The first kappa shape index (κ1) is 10.6. The smallest absolute Gasteiger partial charge is 0.357 e. The van der Waals surface area contributed by atoms with Gasteiger partial charge in [-0.3, -0.25) is 0 Å². The molecule has 0 aliphatic heterocycles. The minimum Gasteiger partial charge on any atom is -0.461 e. The Labute approximate surface area is 93.1 Å². The van der Waals surface area contributed by atoms with E-state index in [9.17, 15) is 4.79 Å². The fraction of sp³-hybridized carbons (Fsp3) is 0.364. The summed E-state index contributed by atoms with van der Waals surface area (Å²) in [6.07, 6.45) is 1.66. The highest BCUT2D eigenvalue weighted by Gasteiger charge is 2.16. The topological polar surface area (TPSA) is 56.5 Å². The molecule has 0 N–H and O–H groups in total. The van der Waals surface area contributed by atoms with Gasteiger partial charge in [-0.05, 0) is 20.8 Å². The SMILES string of the molecule is CCOC(=O)c1c(C)cnc2cc(C)nn12. The van der Waals surface area contributed by atoms with Gasteiger partial charge in [-0.15, -0.1) is 0 Å². The third-order valence-corrected chi connectivity index (χ3v) is 2.26. The first-order valence-electron chi connectivity index (χ1n) is 5.12. The molecule has 0 aliphatic carbocycles. The van der Waals surface area contributed by atoms with Crippen molar-refractivity contribution >= 4 is 11.6 Å². The molecule has 16 heavy (non-hydrogen) atoms. The molecule has 0 bridgehead atoms. The van der Waals surface area contributed by atoms with Crippen molar-refractivity contribution in [3.8, 4) is 0 Å². The highest BCUT2D eigenvalue weighted by molar-refractivity contribution is 5.89. The second kappa shape index (κ2) is 3.92. The van der Waals surface area contributed by atoms with Gasteiger partial charge in [-0.1, -0.05) is 0 Å². The fourth-order valence-corrected chi connectivity index (χ4v) is 1.58. The summed E-state index contributed by atoms with van der Waals surface area (Å²) in [6.45, 7) is 5.80. The predicted octanol–water partition coefficient (Wildman–Crippen LogP) is 1.52. The van der Waals surface area contributed by atoms with Crippen LogP contribution in [0, 0.1) is 13.8 Å². The number of aromatic nitrogens is 3. The molecule has 0 saturated heterocycles. The molecule has 5 nitrogen and oxygen atoms in total. The number of rotatable bonds is 2. The molecule has 2 heterocycles. The molecule has 0 amide bonds. The van der Waals surface area contributed by atoms with Crippen molar-refractivity contribution < 1.29 is 9.53 Å². The number of esters is 1. The van der Waals surface area contributed by atoms with E-state index in [0.717, 1.165) is 11.3 Å². The van der Waals surface area contributed by atoms with Crippen molar-refractivity contribution in [3.63, 3.8) is 0 Å². The standard InChI is InChI=1S/C11H13N3O2/c1-4-16-11(15)10-7(2)6-12-9-5-8(3)13-14(9)10/h5-6H,4H2,1-3H3.